The van der Waals surface area contributed by atoms with Crippen molar-refractivity contribution in [1.29, 1.82) is 0 Å². The molecule has 1 fully saturated rings. The van der Waals surface area contributed by atoms with Gasteiger partial charge in [-0.05, 0) is 31.0 Å². The van der Waals surface area contributed by atoms with Crippen LogP contribution in [-0.2, 0) is 0 Å². The van der Waals surface area contributed by atoms with Gasteiger partial charge in [0.2, 0.25) is 0 Å². The van der Waals surface area contributed by atoms with Crippen molar-refractivity contribution in [3.05, 3.63) is 24.0 Å². The molecule has 2 aromatic heterocycles. The molecule has 0 unspecified atom stereocenters. The van der Waals surface area contributed by atoms with Crippen LogP contribution in [0.1, 0.15) is 43.8 Å². The fourth-order valence-corrected chi connectivity index (χ4v) is 3.82. The van der Waals surface area contributed by atoms with Gasteiger partial charge in [0.1, 0.15) is 5.82 Å². The molecule has 1 saturated carbocycles. The molecule has 0 aliphatic heterocycles. The molecule has 0 bridgehead atoms. The summed E-state index contributed by atoms with van der Waals surface area (Å²) < 4.78 is 1.08. The zero-order chi connectivity index (χ0) is 14.2. The number of aromatic amines is 1. The summed E-state index contributed by atoms with van der Waals surface area (Å²) in [5.74, 6) is 2.35. The molecule has 21 heavy (non-hydrogen) atoms. The molecule has 0 spiro atoms. The van der Waals surface area contributed by atoms with E-state index in [2.05, 4.69) is 21.2 Å². The molecule has 1 aliphatic rings. The summed E-state index contributed by atoms with van der Waals surface area (Å²) in [6.07, 6.45) is 6.39. The van der Waals surface area contributed by atoms with Crippen molar-refractivity contribution in [2.45, 2.75) is 38.0 Å². The minimum Gasteiger partial charge on any atom is -0.375 e. The van der Waals surface area contributed by atoms with Gasteiger partial charge in [-0.2, -0.15) is 5.10 Å². The first-order valence-electron chi connectivity index (χ1n) is 7.38. The lowest BCUT2D eigenvalue weighted by Crippen LogP contribution is -2.06. The number of rotatable bonds is 2. The number of H-pyrrole nitrogens is 1. The number of anilines is 1. The van der Waals surface area contributed by atoms with Crippen molar-refractivity contribution < 1.29 is 0 Å². The Morgan fingerprint density at radius 3 is 2.86 bits per heavy atom. The highest BCUT2D eigenvalue weighted by Crippen LogP contribution is 2.32. The average Bonchev–Trinajstić information content (AvgIpc) is 3.12. The second kappa shape index (κ2) is 5.11. The molecule has 5 nitrogen and oxygen atoms in total. The van der Waals surface area contributed by atoms with Gasteiger partial charge in [0.05, 0.1) is 10.2 Å². The molecule has 0 saturated heterocycles. The molecule has 2 heterocycles. The number of hydrogen-bond donors (Lipinski definition) is 2. The minimum absolute atomic E-state index is 0.544. The normalized spacial score (nSPS) is 16.6. The van der Waals surface area contributed by atoms with Crippen LogP contribution in [-0.4, -0.2) is 20.2 Å². The standard InChI is InChI=1S/C15H17N5S/c16-15-17-11-7-6-10(8-12(11)21-15)14-18-13(19-20-14)9-4-2-1-3-5-9/h6-9H,1-5H2,(H2,16,17)(H,18,19,20). The molecule has 3 N–H and O–H groups in total. The van der Waals surface area contributed by atoms with E-state index in [1.54, 1.807) is 0 Å². The van der Waals surface area contributed by atoms with Crippen molar-refractivity contribution >= 4 is 26.7 Å². The number of benzene rings is 1. The lowest BCUT2D eigenvalue weighted by Gasteiger charge is -2.18. The van der Waals surface area contributed by atoms with Crippen molar-refractivity contribution in [3.63, 3.8) is 0 Å². The lowest BCUT2D eigenvalue weighted by atomic mass is 9.89. The fourth-order valence-electron chi connectivity index (χ4n) is 3.04. The van der Waals surface area contributed by atoms with Gasteiger partial charge in [-0.3, -0.25) is 5.10 Å². The Labute approximate surface area is 126 Å². The average molecular weight is 299 g/mol. The molecular formula is C15H17N5S. The van der Waals surface area contributed by atoms with E-state index in [0.29, 0.717) is 11.0 Å². The van der Waals surface area contributed by atoms with Crippen LogP contribution in [0.25, 0.3) is 21.6 Å². The van der Waals surface area contributed by atoms with Crippen LogP contribution in [0.4, 0.5) is 5.13 Å². The van der Waals surface area contributed by atoms with Crippen LogP contribution in [0.5, 0.6) is 0 Å². The van der Waals surface area contributed by atoms with Gasteiger partial charge in [-0.25, -0.2) is 9.97 Å². The van der Waals surface area contributed by atoms with E-state index in [1.165, 1.54) is 43.4 Å². The van der Waals surface area contributed by atoms with E-state index >= 15 is 0 Å². The number of hydrogen-bond acceptors (Lipinski definition) is 5. The highest BCUT2D eigenvalue weighted by atomic mass is 32.1. The zero-order valence-electron chi connectivity index (χ0n) is 11.7. The third kappa shape index (κ3) is 2.40. The van der Waals surface area contributed by atoms with Gasteiger partial charge in [0, 0.05) is 11.5 Å². The highest BCUT2D eigenvalue weighted by molar-refractivity contribution is 7.22. The zero-order valence-corrected chi connectivity index (χ0v) is 12.5. The number of nitrogens with two attached hydrogens (primary N) is 1. The largest absolute Gasteiger partial charge is 0.375 e. The third-order valence-electron chi connectivity index (χ3n) is 4.16. The summed E-state index contributed by atoms with van der Waals surface area (Å²) in [5.41, 5.74) is 7.70. The summed E-state index contributed by atoms with van der Waals surface area (Å²) in [6, 6.07) is 6.06. The van der Waals surface area contributed by atoms with Crippen LogP contribution < -0.4 is 5.73 Å². The summed E-state index contributed by atoms with van der Waals surface area (Å²) >= 11 is 1.50. The van der Waals surface area contributed by atoms with Crippen LogP contribution in [0.15, 0.2) is 18.2 Å². The first kappa shape index (κ1) is 12.8. The summed E-state index contributed by atoms with van der Waals surface area (Å²) in [6.45, 7) is 0. The molecule has 3 aromatic rings. The molecule has 0 amide bonds. The monoisotopic (exact) mass is 299 g/mol. The van der Waals surface area contributed by atoms with E-state index in [4.69, 9.17) is 10.7 Å². The maximum atomic E-state index is 5.75. The maximum absolute atomic E-state index is 5.75. The van der Waals surface area contributed by atoms with Gasteiger partial charge in [0.15, 0.2) is 11.0 Å². The number of thiazole rings is 1. The summed E-state index contributed by atoms with van der Waals surface area (Å²) in [5, 5.41) is 8.12. The molecule has 1 aliphatic carbocycles. The van der Waals surface area contributed by atoms with Gasteiger partial charge in [0.25, 0.3) is 0 Å². The molecule has 4 rings (SSSR count). The smallest absolute Gasteiger partial charge is 0.181 e. The van der Waals surface area contributed by atoms with E-state index in [-0.39, 0.29) is 0 Å². The molecule has 0 atom stereocenters. The highest BCUT2D eigenvalue weighted by Gasteiger charge is 2.19. The minimum atomic E-state index is 0.544. The summed E-state index contributed by atoms with van der Waals surface area (Å²) in [4.78, 5) is 8.98. The Bertz CT molecular complexity index is 769. The van der Waals surface area contributed by atoms with Crippen LogP contribution in [0.3, 0.4) is 0 Å². The second-order valence-corrected chi connectivity index (χ2v) is 6.68. The van der Waals surface area contributed by atoms with E-state index in [0.717, 1.165) is 27.4 Å². The van der Waals surface area contributed by atoms with Crippen molar-refractivity contribution in [3.8, 4) is 11.4 Å². The Hall–Kier alpha value is -1.95. The second-order valence-electron chi connectivity index (χ2n) is 5.61. The predicted molar refractivity (Wildman–Crippen MR) is 85.2 cm³/mol. The first-order valence-corrected chi connectivity index (χ1v) is 8.20. The topological polar surface area (TPSA) is 80.5 Å². The number of nitrogens with zero attached hydrogens (tertiary/aromatic N) is 3. The predicted octanol–water partition coefficient (Wildman–Crippen LogP) is 3.71. The number of nitrogens with one attached hydrogen (secondary N) is 1. The van der Waals surface area contributed by atoms with Crippen LogP contribution in [0.2, 0.25) is 0 Å². The van der Waals surface area contributed by atoms with E-state index in [9.17, 15) is 0 Å². The van der Waals surface area contributed by atoms with Gasteiger partial charge >= 0.3 is 0 Å². The Balaban J connectivity index is 1.66. The maximum Gasteiger partial charge on any atom is 0.181 e. The Morgan fingerprint density at radius 2 is 2.00 bits per heavy atom. The molecule has 0 radical (unpaired) electrons. The fraction of sp³-hybridized carbons (Fsp3) is 0.400. The molecule has 108 valence electrons. The number of fused-ring (bicyclic) bond motifs is 1. The van der Waals surface area contributed by atoms with Crippen molar-refractivity contribution in [1.82, 2.24) is 20.2 Å². The Morgan fingerprint density at radius 1 is 1.14 bits per heavy atom. The van der Waals surface area contributed by atoms with E-state index < -0.39 is 0 Å². The van der Waals surface area contributed by atoms with Crippen molar-refractivity contribution in [2.24, 2.45) is 0 Å². The van der Waals surface area contributed by atoms with Crippen LogP contribution >= 0.6 is 11.3 Å². The number of aromatic nitrogens is 4. The molecular weight excluding hydrogens is 282 g/mol. The third-order valence-corrected chi connectivity index (χ3v) is 5.01. The van der Waals surface area contributed by atoms with Gasteiger partial charge in [-0.15, -0.1) is 0 Å². The van der Waals surface area contributed by atoms with Gasteiger partial charge in [-0.1, -0.05) is 30.6 Å². The lowest BCUT2D eigenvalue weighted by molar-refractivity contribution is 0.429. The quantitative estimate of drug-likeness (QED) is 0.756. The van der Waals surface area contributed by atoms with Gasteiger partial charge < -0.3 is 5.73 Å². The van der Waals surface area contributed by atoms with Crippen molar-refractivity contribution in [2.75, 3.05) is 5.73 Å². The molecule has 1 aromatic carbocycles. The SMILES string of the molecule is Nc1nc2ccc(-c3n[nH]c(C4CCCCC4)n3)cc2s1. The van der Waals surface area contributed by atoms with Crippen LogP contribution in [0, 0.1) is 0 Å². The Kier molecular flexibility index (Phi) is 3.11. The molecule has 6 heteroatoms. The first-order chi connectivity index (χ1) is 10.3. The number of nitrogen functional groups attached to an aromatic ring is 1. The van der Waals surface area contributed by atoms with E-state index in [1.807, 2.05) is 12.1 Å². The summed E-state index contributed by atoms with van der Waals surface area (Å²) in [7, 11) is 0.